The summed E-state index contributed by atoms with van der Waals surface area (Å²) in [6.45, 7) is 2.89. The molecule has 2 aromatic heterocycles. The van der Waals surface area contributed by atoms with E-state index in [1.54, 1.807) is 6.20 Å². The van der Waals surface area contributed by atoms with Crippen LogP contribution in [0.3, 0.4) is 0 Å². The molecule has 2 heterocycles. The van der Waals surface area contributed by atoms with Crippen molar-refractivity contribution in [2.75, 3.05) is 17.6 Å². The van der Waals surface area contributed by atoms with Gasteiger partial charge in [0.05, 0.1) is 0 Å². The lowest BCUT2D eigenvalue weighted by atomic mass is 10.2. The van der Waals surface area contributed by atoms with Gasteiger partial charge in [-0.2, -0.15) is 0 Å². The lowest BCUT2D eigenvalue weighted by Crippen LogP contribution is -2.06. The summed E-state index contributed by atoms with van der Waals surface area (Å²) in [6.07, 6.45) is 4.52. The Hall–Kier alpha value is -2.10. The minimum absolute atomic E-state index is 0.557. The van der Waals surface area contributed by atoms with Crippen LogP contribution in [0.25, 0.3) is 0 Å². The van der Waals surface area contributed by atoms with Gasteiger partial charge in [0, 0.05) is 18.9 Å². The summed E-state index contributed by atoms with van der Waals surface area (Å²) >= 11 is 0. The summed E-state index contributed by atoms with van der Waals surface area (Å²) in [6, 6.07) is 7.82. The van der Waals surface area contributed by atoms with Gasteiger partial charge in [0.25, 0.3) is 0 Å². The largest absolute Gasteiger partial charge is 0.384 e. The van der Waals surface area contributed by atoms with Crippen molar-refractivity contribution in [1.29, 1.82) is 0 Å². The summed E-state index contributed by atoms with van der Waals surface area (Å²) in [5.74, 6) is 1.47. The Morgan fingerprint density at radius 2 is 2.12 bits per heavy atom. The maximum absolute atomic E-state index is 5.53. The summed E-state index contributed by atoms with van der Waals surface area (Å²) in [5, 5.41) is 3.28. The fraction of sp³-hybridized carbons (Fsp3) is 0.231. The van der Waals surface area contributed by atoms with E-state index in [-0.39, 0.29) is 0 Å². The quantitative estimate of drug-likeness (QED) is 0.840. The summed E-state index contributed by atoms with van der Waals surface area (Å²) in [7, 11) is 0. The number of rotatable bonds is 4. The average molecular weight is 228 g/mol. The maximum atomic E-state index is 5.53. The molecule has 0 atom stereocenters. The topological polar surface area (TPSA) is 63.8 Å². The molecule has 4 heteroatoms. The van der Waals surface area contributed by atoms with Crippen molar-refractivity contribution in [2.45, 2.75) is 13.3 Å². The summed E-state index contributed by atoms with van der Waals surface area (Å²) in [4.78, 5) is 8.29. The molecule has 0 aliphatic carbocycles. The van der Waals surface area contributed by atoms with Gasteiger partial charge >= 0.3 is 0 Å². The number of nitrogens with zero attached hydrogens (tertiary/aromatic N) is 2. The molecule has 0 amide bonds. The Morgan fingerprint density at radius 3 is 2.82 bits per heavy atom. The Balaban J connectivity index is 1.85. The van der Waals surface area contributed by atoms with Crippen molar-refractivity contribution >= 4 is 11.6 Å². The number of aryl methyl sites for hydroxylation is 1. The number of pyridine rings is 2. The molecule has 0 saturated heterocycles. The molecular weight excluding hydrogens is 212 g/mol. The molecule has 0 aliphatic rings. The van der Waals surface area contributed by atoms with Gasteiger partial charge in [0.15, 0.2) is 0 Å². The SMILES string of the molecule is Cc1ccnc(NCCc2ccc(N)nc2)c1. The third kappa shape index (κ3) is 3.45. The van der Waals surface area contributed by atoms with Gasteiger partial charge in [-0.15, -0.1) is 0 Å². The van der Waals surface area contributed by atoms with Crippen molar-refractivity contribution in [1.82, 2.24) is 9.97 Å². The number of nitrogens with one attached hydrogen (secondary N) is 1. The van der Waals surface area contributed by atoms with E-state index < -0.39 is 0 Å². The highest BCUT2D eigenvalue weighted by molar-refractivity contribution is 5.37. The van der Waals surface area contributed by atoms with Crippen LogP contribution in [0.5, 0.6) is 0 Å². The van der Waals surface area contributed by atoms with E-state index in [0.717, 1.165) is 18.8 Å². The molecule has 88 valence electrons. The molecule has 4 nitrogen and oxygen atoms in total. The predicted molar refractivity (Wildman–Crippen MR) is 69.8 cm³/mol. The molecule has 2 rings (SSSR count). The third-order valence-electron chi connectivity index (χ3n) is 2.48. The van der Waals surface area contributed by atoms with E-state index >= 15 is 0 Å². The first-order valence-corrected chi connectivity index (χ1v) is 5.61. The lowest BCUT2D eigenvalue weighted by molar-refractivity contribution is 0.994. The normalized spacial score (nSPS) is 10.2. The van der Waals surface area contributed by atoms with Crippen LogP contribution in [0, 0.1) is 6.92 Å². The number of anilines is 2. The van der Waals surface area contributed by atoms with Gasteiger partial charge in [-0.1, -0.05) is 6.07 Å². The summed E-state index contributed by atoms with van der Waals surface area (Å²) < 4.78 is 0. The van der Waals surface area contributed by atoms with E-state index in [4.69, 9.17) is 5.73 Å². The number of hydrogen-bond acceptors (Lipinski definition) is 4. The van der Waals surface area contributed by atoms with Crippen LogP contribution in [0.4, 0.5) is 11.6 Å². The van der Waals surface area contributed by atoms with E-state index in [0.29, 0.717) is 5.82 Å². The van der Waals surface area contributed by atoms with Gasteiger partial charge in [0.2, 0.25) is 0 Å². The first-order chi connectivity index (χ1) is 8.24. The molecule has 0 aliphatic heterocycles. The van der Waals surface area contributed by atoms with Gasteiger partial charge < -0.3 is 11.1 Å². The van der Waals surface area contributed by atoms with Gasteiger partial charge in [-0.3, -0.25) is 0 Å². The molecule has 2 aromatic rings. The Kier molecular flexibility index (Phi) is 3.55. The second-order valence-corrected chi connectivity index (χ2v) is 3.99. The molecule has 0 radical (unpaired) electrons. The van der Waals surface area contributed by atoms with Crippen molar-refractivity contribution in [3.05, 3.63) is 47.8 Å². The minimum atomic E-state index is 0.557. The first-order valence-electron chi connectivity index (χ1n) is 5.61. The fourth-order valence-corrected chi connectivity index (χ4v) is 1.55. The van der Waals surface area contributed by atoms with Crippen molar-refractivity contribution in [2.24, 2.45) is 0 Å². The zero-order valence-corrected chi connectivity index (χ0v) is 9.85. The molecular formula is C13H16N4. The number of aromatic nitrogens is 2. The molecule has 0 spiro atoms. The first kappa shape index (κ1) is 11.4. The van der Waals surface area contributed by atoms with Gasteiger partial charge in [-0.05, 0) is 42.7 Å². The van der Waals surface area contributed by atoms with Crippen LogP contribution in [-0.2, 0) is 6.42 Å². The van der Waals surface area contributed by atoms with Crippen LogP contribution in [-0.4, -0.2) is 16.5 Å². The molecule has 17 heavy (non-hydrogen) atoms. The molecule has 0 aromatic carbocycles. The number of nitrogens with two attached hydrogens (primary N) is 1. The van der Waals surface area contributed by atoms with Gasteiger partial charge in [0.1, 0.15) is 11.6 Å². The maximum Gasteiger partial charge on any atom is 0.126 e. The van der Waals surface area contributed by atoms with Gasteiger partial charge in [-0.25, -0.2) is 9.97 Å². The highest BCUT2D eigenvalue weighted by Crippen LogP contribution is 2.06. The Bertz CT molecular complexity index is 479. The van der Waals surface area contributed by atoms with Crippen LogP contribution < -0.4 is 11.1 Å². The summed E-state index contributed by atoms with van der Waals surface area (Å²) in [5.41, 5.74) is 7.90. The Morgan fingerprint density at radius 1 is 1.24 bits per heavy atom. The third-order valence-corrected chi connectivity index (χ3v) is 2.48. The highest BCUT2D eigenvalue weighted by atomic mass is 15.0. The molecule has 0 saturated carbocycles. The molecule has 3 N–H and O–H groups in total. The van der Waals surface area contributed by atoms with E-state index in [1.807, 2.05) is 30.5 Å². The zero-order chi connectivity index (χ0) is 12.1. The monoisotopic (exact) mass is 228 g/mol. The Labute approximate surface area is 101 Å². The average Bonchev–Trinajstić information content (AvgIpc) is 2.32. The second-order valence-electron chi connectivity index (χ2n) is 3.99. The van der Waals surface area contributed by atoms with Crippen LogP contribution in [0.1, 0.15) is 11.1 Å². The molecule has 0 bridgehead atoms. The molecule has 0 fully saturated rings. The molecule has 0 unspecified atom stereocenters. The highest BCUT2D eigenvalue weighted by Gasteiger charge is 1.96. The number of nitrogen functional groups attached to an aromatic ring is 1. The second kappa shape index (κ2) is 5.30. The van der Waals surface area contributed by atoms with E-state index in [2.05, 4.69) is 22.2 Å². The van der Waals surface area contributed by atoms with Crippen LogP contribution >= 0.6 is 0 Å². The standard InChI is InChI=1S/C13H16N4/c1-10-4-6-15-13(8-10)16-7-5-11-2-3-12(14)17-9-11/h2-4,6,8-9H,5,7H2,1H3,(H2,14,17)(H,15,16). The van der Waals surface area contributed by atoms with E-state index in [1.165, 1.54) is 11.1 Å². The number of hydrogen-bond donors (Lipinski definition) is 2. The van der Waals surface area contributed by atoms with Crippen LogP contribution in [0.15, 0.2) is 36.7 Å². The smallest absolute Gasteiger partial charge is 0.126 e. The predicted octanol–water partition coefficient (Wildman–Crippen LogP) is 2.02. The van der Waals surface area contributed by atoms with Crippen molar-refractivity contribution < 1.29 is 0 Å². The zero-order valence-electron chi connectivity index (χ0n) is 9.85. The van der Waals surface area contributed by atoms with E-state index in [9.17, 15) is 0 Å². The van der Waals surface area contributed by atoms with Crippen LogP contribution in [0.2, 0.25) is 0 Å². The van der Waals surface area contributed by atoms with Crippen molar-refractivity contribution in [3.8, 4) is 0 Å². The van der Waals surface area contributed by atoms with Crippen molar-refractivity contribution in [3.63, 3.8) is 0 Å². The minimum Gasteiger partial charge on any atom is -0.384 e. The fourth-order valence-electron chi connectivity index (χ4n) is 1.55. The lowest BCUT2D eigenvalue weighted by Gasteiger charge is -2.06.